The van der Waals surface area contributed by atoms with Crippen molar-refractivity contribution in [3.05, 3.63) is 65.7 Å². The Hall–Kier alpha value is -1.30. The molecule has 0 aromatic rings. The topological polar surface area (TPSA) is 0 Å². The molecule has 0 atom stereocenters. The lowest BCUT2D eigenvalue weighted by Crippen LogP contribution is -2.19. The third kappa shape index (κ3) is 5.00. The maximum Gasteiger partial charge on any atom is -0.00897 e. The first kappa shape index (κ1) is 16.8. The third-order valence-electron chi connectivity index (χ3n) is 4.04. The molecule has 0 saturated carbocycles. The summed E-state index contributed by atoms with van der Waals surface area (Å²) in [5.41, 5.74) is 5.70. The number of rotatable bonds is 4. The van der Waals surface area contributed by atoms with E-state index in [2.05, 4.69) is 45.9 Å². The van der Waals surface area contributed by atoms with Gasteiger partial charge in [0.1, 0.15) is 0 Å². The first-order valence-electron chi connectivity index (χ1n) is 7.48. The van der Waals surface area contributed by atoms with Gasteiger partial charge in [-0.25, -0.2) is 0 Å². The van der Waals surface area contributed by atoms with E-state index in [0.29, 0.717) is 5.41 Å². The quantitative estimate of drug-likeness (QED) is 0.530. The van der Waals surface area contributed by atoms with Crippen molar-refractivity contribution in [2.24, 2.45) is 5.41 Å². The Morgan fingerprint density at radius 3 is 2.45 bits per heavy atom. The Morgan fingerprint density at radius 2 is 1.85 bits per heavy atom. The summed E-state index contributed by atoms with van der Waals surface area (Å²) in [5.74, 6) is 0. The van der Waals surface area contributed by atoms with Gasteiger partial charge in [0.05, 0.1) is 0 Å². The van der Waals surface area contributed by atoms with Crippen LogP contribution >= 0.6 is 0 Å². The van der Waals surface area contributed by atoms with E-state index in [-0.39, 0.29) is 0 Å². The summed E-state index contributed by atoms with van der Waals surface area (Å²) < 4.78 is 0. The zero-order valence-electron chi connectivity index (χ0n) is 13.7. The van der Waals surface area contributed by atoms with Gasteiger partial charge < -0.3 is 0 Å². The molecule has 0 amide bonds. The van der Waals surface area contributed by atoms with Crippen molar-refractivity contribution in [2.75, 3.05) is 0 Å². The first-order chi connectivity index (χ1) is 9.36. The van der Waals surface area contributed by atoms with Gasteiger partial charge in [-0.15, -0.1) is 0 Å². The molecule has 2 radical (unpaired) electrons. The Kier molecular flexibility index (Phi) is 6.26. The molecule has 0 unspecified atom stereocenters. The van der Waals surface area contributed by atoms with E-state index in [4.69, 9.17) is 6.92 Å². The van der Waals surface area contributed by atoms with E-state index in [1.165, 1.54) is 30.4 Å². The fraction of sp³-hybridized carbons (Fsp3) is 0.450. The second kappa shape index (κ2) is 7.47. The molecule has 20 heavy (non-hydrogen) atoms. The van der Waals surface area contributed by atoms with E-state index in [9.17, 15) is 0 Å². The molecule has 1 aliphatic rings. The van der Waals surface area contributed by atoms with Crippen molar-refractivity contribution >= 4 is 0 Å². The molecule has 0 spiro atoms. The van der Waals surface area contributed by atoms with Crippen LogP contribution < -0.4 is 0 Å². The Labute approximate surface area is 125 Å². The molecule has 1 aliphatic carbocycles. The molecule has 0 nitrogen and oxygen atoms in total. The number of hydrogen-bond acceptors (Lipinski definition) is 0. The van der Waals surface area contributed by atoms with Crippen molar-refractivity contribution < 1.29 is 0 Å². The van der Waals surface area contributed by atoms with E-state index >= 15 is 0 Å². The number of hydrogen-bond donors (Lipinski definition) is 0. The monoisotopic (exact) mass is 268 g/mol. The van der Waals surface area contributed by atoms with Crippen LogP contribution in [0.4, 0.5) is 0 Å². The van der Waals surface area contributed by atoms with Gasteiger partial charge >= 0.3 is 0 Å². The molecule has 0 N–H and O–H groups in total. The molecule has 0 heterocycles. The van der Waals surface area contributed by atoms with E-state index in [0.717, 1.165) is 5.57 Å². The fourth-order valence-corrected chi connectivity index (χ4v) is 2.69. The average Bonchev–Trinajstić information content (AvgIpc) is 2.37. The van der Waals surface area contributed by atoms with Crippen molar-refractivity contribution in [2.45, 2.75) is 53.9 Å². The highest BCUT2D eigenvalue weighted by molar-refractivity contribution is 5.37. The van der Waals surface area contributed by atoms with Crippen LogP contribution in [0, 0.1) is 12.3 Å². The van der Waals surface area contributed by atoms with Crippen LogP contribution in [0.15, 0.2) is 58.7 Å². The Bertz CT molecular complexity index is 476. The van der Waals surface area contributed by atoms with Crippen LogP contribution in [-0.4, -0.2) is 0 Å². The predicted octanol–water partition coefficient (Wildman–Crippen LogP) is 6.23. The van der Waals surface area contributed by atoms with Gasteiger partial charge in [-0.3, -0.25) is 0 Å². The number of allylic oxidation sites excluding steroid dienone is 10. The van der Waals surface area contributed by atoms with Crippen LogP contribution in [-0.2, 0) is 0 Å². The van der Waals surface area contributed by atoms with Crippen molar-refractivity contribution in [1.82, 2.24) is 0 Å². The Balaban J connectivity index is 2.81. The molecule has 0 fully saturated rings. The maximum atomic E-state index is 5.44. The largest absolute Gasteiger partial charge is 0.0773 e. The lowest BCUT2D eigenvalue weighted by Gasteiger charge is -2.32. The van der Waals surface area contributed by atoms with Crippen molar-refractivity contribution in [3.63, 3.8) is 0 Å². The molecule has 0 saturated heterocycles. The minimum absolute atomic E-state index is 0.313. The smallest absolute Gasteiger partial charge is 0.00897 e. The van der Waals surface area contributed by atoms with Crippen LogP contribution in [0.25, 0.3) is 0 Å². The zero-order valence-corrected chi connectivity index (χ0v) is 13.7. The summed E-state index contributed by atoms with van der Waals surface area (Å²) >= 11 is 0. The van der Waals surface area contributed by atoms with Crippen molar-refractivity contribution in [1.29, 1.82) is 0 Å². The summed E-state index contributed by atoms with van der Waals surface area (Å²) in [6.45, 7) is 16.5. The van der Waals surface area contributed by atoms with Gasteiger partial charge in [0.2, 0.25) is 0 Å². The highest BCUT2D eigenvalue weighted by atomic mass is 14.3. The molecule has 108 valence electrons. The van der Waals surface area contributed by atoms with E-state index in [1.807, 2.05) is 19.1 Å². The van der Waals surface area contributed by atoms with Gasteiger partial charge in [0.15, 0.2) is 0 Å². The van der Waals surface area contributed by atoms with Crippen LogP contribution in [0.5, 0.6) is 0 Å². The molecular weight excluding hydrogens is 240 g/mol. The molecule has 0 aromatic carbocycles. The summed E-state index contributed by atoms with van der Waals surface area (Å²) in [6.07, 6.45) is 16.2. The minimum atomic E-state index is 0.313. The van der Waals surface area contributed by atoms with Gasteiger partial charge in [-0.2, -0.15) is 0 Å². The SMILES string of the molecule is [CH]C=C(C)C=CC=C(C)C=CC1=C(C)CCCC1(C)C. The fourth-order valence-electron chi connectivity index (χ4n) is 2.69. The lowest BCUT2D eigenvalue weighted by molar-refractivity contribution is 0.377. The second-order valence-electron chi connectivity index (χ2n) is 6.45. The Morgan fingerprint density at radius 1 is 1.15 bits per heavy atom. The normalized spacial score (nSPS) is 21.3. The molecule has 0 bridgehead atoms. The van der Waals surface area contributed by atoms with Crippen molar-refractivity contribution in [3.8, 4) is 0 Å². The molecule has 0 aliphatic heterocycles. The predicted molar refractivity (Wildman–Crippen MR) is 90.4 cm³/mol. The summed E-state index contributed by atoms with van der Waals surface area (Å²) in [7, 11) is 0. The van der Waals surface area contributed by atoms with E-state index in [1.54, 1.807) is 11.6 Å². The molecule has 0 aromatic heterocycles. The van der Waals surface area contributed by atoms with E-state index < -0.39 is 0 Å². The van der Waals surface area contributed by atoms with Crippen LogP contribution in [0.3, 0.4) is 0 Å². The second-order valence-corrected chi connectivity index (χ2v) is 6.45. The summed E-state index contributed by atoms with van der Waals surface area (Å²) in [4.78, 5) is 0. The van der Waals surface area contributed by atoms with Crippen LogP contribution in [0.2, 0.25) is 0 Å². The lowest BCUT2D eigenvalue weighted by atomic mass is 9.72. The summed E-state index contributed by atoms with van der Waals surface area (Å²) in [6, 6.07) is 0. The highest BCUT2D eigenvalue weighted by Crippen LogP contribution is 2.40. The molecular formula is C20H28. The van der Waals surface area contributed by atoms with Gasteiger partial charge in [-0.05, 0) is 57.9 Å². The molecule has 1 rings (SSSR count). The highest BCUT2D eigenvalue weighted by Gasteiger charge is 2.26. The van der Waals surface area contributed by atoms with Crippen LogP contribution in [0.1, 0.15) is 53.9 Å². The maximum absolute atomic E-state index is 5.44. The molecule has 0 heteroatoms. The van der Waals surface area contributed by atoms with Gasteiger partial charge in [0, 0.05) is 0 Å². The first-order valence-corrected chi connectivity index (χ1v) is 7.48. The zero-order chi connectivity index (χ0) is 15.2. The average molecular weight is 268 g/mol. The standard InChI is InChI=1S/C20H28/c1-7-16(2)10-8-11-17(3)13-14-19-18(4)12-9-15-20(19,5)6/h1,7-8,10-11,13-14H,9,12,15H2,2-6H3. The summed E-state index contributed by atoms with van der Waals surface area (Å²) in [5, 5.41) is 0. The minimum Gasteiger partial charge on any atom is -0.0773 e. The van der Waals surface area contributed by atoms with Gasteiger partial charge in [-0.1, -0.05) is 67.0 Å². The van der Waals surface area contributed by atoms with Gasteiger partial charge in [0.25, 0.3) is 0 Å². The third-order valence-corrected chi connectivity index (χ3v) is 4.04.